The molecule has 0 atom stereocenters. The average molecular weight is 354 g/mol. The molecule has 2 aromatic carbocycles. The van der Waals surface area contributed by atoms with Crippen molar-refractivity contribution in [2.75, 3.05) is 0 Å². The number of benzene rings is 2. The van der Waals surface area contributed by atoms with Crippen LogP contribution in [0.15, 0.2) is 42.5 Å². The number of nitrogens with two attached hydrogens (primary N) is 1. The number of carbonyl (C=O) groups is 1. The molecule has 0 saturated heterocycles. The molecule has 0 fully saturated rings. The molecule has 0 radical (unpaired) electrons. The third-order valence-corrected chi connectivity index (χ3v) is 5.11. The smallest absolute Gasteiger partial charge is 0.197 e. The number of hydrogen-bond donors (Lipinski definition) is 2. The molecule has 0 amide bonds. The summed E-state index contributed by atoms with van der Waals surface area (Å²) in [6.45, 7) is 1.74. The second-order valence-electron chi connectivity index (χ2n) is 5.21. The Morgan fingerprint density at radius 1 is 1.29 bits per heavy atom. The number of ketones is 1. The predicted octanol–water partition coefficient (Wildman–Crippen LogP) is 3.84. The average Bonchev–Trinajstić information content (AvgIpc) is 2.96. The number of phenols is 1. The second-order valence-corrected chi connectivity index (χ2v) is 6.65. The highest BCUT2D eigenvalue weighted by Gasteiger charge is 2.14. The molecule has 0 unspecified atom stereocenters. The number of aromatic hydroxyl groups is 1. The van der Waals surface area contributed by atoms with Gasteiger partial charge in [-0.25, -0.2) is 4.98 Å². The molecule has 6 heteroatoms. The van der Waals surface area contributed by atoms with E-state index in [9.17, 15) is 9.90 Å². The van der Waals surface area contributed by atoms with Crippen LogP contribution in [0.1, 0.15) is 25.9 Å². The molecule has 1 heterocycles. The van der Waals surface area contributed by atoms with Gasteiger partial charge in [0.25, 0.3) is 0 Å². The number of phenolic OH excluding ortho intramolecular Hbond substituents is 1. The van der Waals surface area contributed by atoms with Crippen molar-refractivity contribution in [1.82, 2.24) is 4.98 Å². The number of nitrogens with zero attached hydrogens (tertiary/aromatic N) is 1. The van der Waals surface area contributed by atoms with Crippen LogP contribution in [0, 0.1) is 6.92 Å². The summed E-state index contributed by atoms with van der Waals surface area (Å²) >= 11 is 6.07. The lowest BCUT2D eigenvalue weighted by atomic mass is 10.0. The second kappa shape index (κ2) is 6.51. The maximum absolute atomic E-state index is 12.4. The zero-order valence-electron chi connectivity index (χ0n) is 12.8. The van der Waals surface area contributed by atoms with E-state index in [1.807, 2.05) is 30.3 Å². The topological polar surface area (TPSA) is 76.2 Å². The van der Waals surface area contributed by atoms with Crippen LogP contribution < -0.4 is 5.73 Å². The molecule has 3 aromatic rings. The van der Waals surface area contributed by atoms with Gasteiger partial charge in [-0.1, -0.05) is 42.5 Å². The van der Waals surface area contributed by atoms with Gasteiger partial charge in [-0.2, -0.15) is 0 Å². The molecule has 120 valence electrons. The Bertz CT molecular complexity index is 990. The van der Waals surface area contributed by atoms with E-state index in [0.29, 0.717) is 21.1 Å². The van der Waals surface area contributed by atoms with Crippen molar-refractivity contribution < 1.29 is 9.90 Å². The molecule has 0 aliphatic heterocycles. The SMILES string of the molecule is Cc1nc(C(N)=S)sc1C(=O)C=Cc1c(O)ccc2ccccc12. The van der Waals surface area contributed by atoms with Gasteiger partial charge in [0.05, 0.1) is 10.6 Å². The van der Waals surface area contributed by atoms with Gasteiger partial charge in [-0.15, -0.1) is 11.3 Å². The zero-order valence-corrected chi connectivity index (χ0v) is 14.4. The monoisotopic (exact) mass is 354 g/mol. The number of rotatable bonds is 4. The Labute approximate surface area is 148 Å². The number of carbonyl (C=O) groups excluding carboxylic acids is 1. The van der Waals surface area contributed by atoms with E-state index in [2.05, 4.69) is 4.98 Å². The molecule has 0 spiro atoms. The van der Waals surface area contributed by atoms with Gasteiger partial charge in [0.15, 0.2) is 10.8 Å². The fourth-order valence-corrected chi connectivity index (χ4v) is 3.43. The first-order chi connectivity index (χ1) is 11.5. The summed E-state index contributed by atoms with van der Waals surface area (Å²) in [5, 5.41) is 12.5. The molecule has 1 aromatic heterocycles. The van der Waals surface area contributed by atoms with Gasteiger partial charge < -0.3 is 10.8 Å². The highest BCUT2D eigenvalue weighted by molar-refractivity contribution is 7.81. The van der Waals surface area contributed by atoms with E-state index in [1.165, 1.54) is 17.4 Å². The van der Waals surface area contributed by atoms with Crippen LogP contribution >= 0.6 is 23.6 Å². The van der Waals surface area contributed by atoms with E-state index in [1.54, 1.807) is 19.1 Å². The Hall–Kier alpha value is -2.57. The minimum absolute atomic E-state index is 0.127. The maximum atomic E-state index is 12.4. The summed E-state index contributed by atoms with van der Waals surface area (Å²) in [6.07, 6.45) is 3.06. The molecule has 24 heavy (non-hydrogen) atoms. The standard InChI is InChI=1S/C18H14N2O2S2/c1-10-16(24-18(20-10)17(19)23)15(22)9-7-13-12-5-3-2-4-11(12)6-8-14(13)21/h2-9,21H,1H3,(H2,19,23). The lowest BCUT2D eigenvalue weighted by Gasteiger charge is -2.04. The Morgan fingerprint density at radius 2 is 2.04 bits per heavy atom. The molecular weight excluding hydrogens is 340 g/mol. The maximum Gasteiger partial charge on any atom is 0.197 e. The number of thiazole rings is 1. The summed E-state index contributed by atoms with van der Waals surface area (Å²) < 4.78 is 0. The van der Waals surface area contributed by atoms with Crippen LogP contribution in [0.5, 0.6) is 5.75 Å². The van der Waals surface area contributed by atoms with Crippen LogP contribution in [-0.4, -0.2) is 20.9 Å². The molecule has 0 aliphatic rings. The Morgan fingerprint density at radius 3 is 2.75 bits per heavy atom. The minimum atomic E-state index is -0.195. The molecule has 0 bridgehead atoms. The first-order valence-electron chi connectivity index (χ1n) is 7.17. The summed E-state index contributed by atoms with van der Waals surface area (Å²) in [5.74, 6) is -0.0672. The molecule has 3 rings (SSSR count). The fraction of sp³-hybridized carbons (Fsp3) is 0.0556. The van der Waals surface area contributed by atoms with Gasteiger partial charge in [0, 0.05) is 5.56 Å². The zero-order chi connectivity index (χ0) is 17.3. The normalized spacial score (nSPS) is 11.2. The number of thiocarbonyl (C=S) groups is 1. The Balaban J connectivity index is 1.98. The number of fused-ring (bicyclic) bond motifs is 1. The molecule has 0 saturated carbocycles. The number of allylic oxidation sites excluding steroid dienone is 1. The number of aromatic nitrogens is 1. The lowest BCUT2D eigenvalue weighted by molar-refractivity contribution is 0.105. The molecular formula is C18H14N2O2S2. The predicted molar refractivity (Wildman–Crippen MR) is 102 cm³/mol. The van der Waals surface area contributed by atoms with E-state index < -0.39 is 0 Å². The first-order valence-corrected chi connectivity index (χ1v) is 8.40. The van der Waals surface area contributed by atoms with Crippen molar-refractivity contribution in [2.45, 2.75) is 6.92 Å². The summed E-state index contributed by atoms with van der Waals surface area (Å²) in [6, 6.07) is 11.1. The van der Waals surface area contributed by atoms with Gasteiger partial charge in [0.1, 0.15) is 10.7 Å². The van der Waals surface area contributed by atoms with Crippen LogP contribution in [0.25, 0.3) is 16.8 Å². The molecule has 4 nitrogen and oxygen atoms in total. The highest BCUT2D eigenvalue weighted by atomic mass is 32.1. The van der Waals surface area contributed by atoms with E-state index in [0.717, 1.165) is 10.8 Å². The van der Waals surface area contributed by atoms with Crippen molar-refractivity contribution in [1.29, 1.82) is 0 Å². The summed E-state index contributed by atoms with van der Waals surface area (Å²) in [4.78, 5) is 17.3. The molecule has 0 aliphatic carbocycles. The van der Waals surface area contributed by atoms with Gasteiger partial charge >= 0.3 is 0 Å². The van der Waals surface area contributed by atoms with Crippen LogP contribution in [0.2, 0.25) is 0 Å². The van der Waals surface area contributed by atoms with Gasteiger partial charge in [0.2, 0.25) is 0 Å². The van der Waals surface area contributed by atoms with Crippen LogP contribution in [-0.2, 0) is 0 Å². The van der Waals surface area contributed by atoms with Crippen LogP contribution in [0.4, 0.5) is 0 Å². The third kappa shape index (κ3) is 3.06. The summed E-state index contributed by atoms with van der Waals surface area (Å²) in [5.41, 5.74) is 6.77. The largest absolute Gasteiger partial charge is 0.507 e. The van der Waals surface area contributed by atoms with E-state index >= 15 is 0 Å². The van der Waals surface area contributed by atoms with Gasteiger partial charge in [-0.05, 0) is 35.9 Å². The number of aryl methyl sites for hydroxylation is 1. The quantitative estimate of drug-likeness (QED) is 0.423. The first kappa shape index (κ1) is 16.3. The van der Waals surface area contributed by atoms with Crippen molar-refractivity contribution in [2.24, 2.45) is 5.73 Å². The number of hydrogen-bond acceptors (Lipinski definition) is 5. The van der Waals surface area contributed by atoms with Crippen molar-refractivity contribution >= 4 is 51.2 Å². The third-order valence-electron chi connectivity index (χ3n) is 3.58. The van der Waals surface area contributed by atoms with Crippen molar-refractivity contribution in [3.05, 3.63) is 63.6 Å². The fourth-order valence-electron chi connectivity index (χ4n) is 2.42. The van der Waals surface area contributed by atoms with Crippen molar-refractivity contribution in [3.8, 4) is 5.75 Å². The van der Waals surface area contributed by atoms with Gasteiger partial charge in [-0.3, -0.25) is 4.79 Å². The van der Waals surface area contributed by atoms with Crippen LogP contribution in [0.3, 0.4) is 0 Å². The highest BCUT2D eigenvalue weighted by Crippen LogP contribution is 2.28. The van der Waals surface area contributed by atoms with Crippen molar-refractivity contribution in [3.63, 3.8) is 0 Å². The summed E-state index contributed by atoms with van der Waals surface area (Å²) in [7, 11) is 0. The Kier molecular flexibility index (Phi) is 4.42. The van der Waals surface area contributed by atoms with E-state index in [-0.39, 0.29) is 16.5 Å². The van der Waals surface area contributed by atoms with E-state index in [4.69, 9.17) is 18.0 Å². The molecule has 3 N–H and O–H groups in total. The minimum Gasteiger partial charge on any atom is -0.507 e. The lowest BCUT2D eigenvalue weighted by Crippen LogP contribution is -2.08.